The van der Waals surface area contributed by atoms with Gasteiger partial charge in [0.2, 0.25) is 17.5 Å². The molecule has 3 heterocycles. The van der Waals surface area contributed by atoms with E-state index in [0.717, 1.165) is 11.1 Å². The average molecular weight is 620 g/mol. The fourth-order valence-electron chi connectivity index (χ4n) is 2.97. The van der Waals surface area contributed by atoms with Crippen molar-refractivity contribution in [1.29, 1.82) is 0 Å². The molecule has 0 unspecified atom stereocenters. The molecule has 2 aromatic heterocycles. The van der Waals surface area contributed by atoms with Crippen molar-refractivity contribution in [2.75, 3.05) is 6.61 Å². The molecule has 0 aliphatic carbocycles. The number of oxime groups is 1. The third-order valence-corrected chi connectivity index (χ3v) is 5.54. The lowest BCUT2D eigenvalue weighted by atomic mass is 10.1. The second-order valence-corrected chi connectivity index (χ2v) is 8.29. The Bertz CT molecular complexity index is 1400. The fraction of sp³-hybridized carbons (Fsp3) is 0.261. The van der Waals surface area contributed by atoms with Gasteiger partial charge < -0.3 is 18.6 Å². The molecule has 16 heteroatoms. The summed E-state index contributed by atoms with van der Waals surface area (Å²) in [6.07, 6.45) is -8.63. The highest BCUT2D eigenvalue weighted by atomic mass is 79.9. The molecule has 0 N–H and O–H groups in total. The van der Waals surface area contributed by atoms with Gasteiger partial charge >= 0.3 is 24.1 Å². The number of halogens is 7. The Morgan fingerprint density at radius 2 is 1.23 bits per heavy atom. The van der Waals surface area contributed by atoms with Crippen LogP contribution in [0.2, 0.25) is 0 Å². The highest BCUT2D eigenvalue weighted by molar-refractivity contribution is 9.08. The highest BCUT2D eigenvalue weighted by Crippen LogP contribution is 2.30. The van der Waals surface area contributed by atoms with Gasteiger partial charge in [-0.25, -0.2) is 0 Å². The number of benzene rings is 2. The molecule has 0 saturated carbocycles. The summed E-state index contributed by atoms with van der Waals surface area (Å²) in [6, 6.07) is 13.4. The molecule has 5 rings (SSSR count). The molecule has 0 bridgehead atoms. The van der Waals surface area contributed by atoms with Crippen LogP contribution in [0.25, 0.3) is 22.8 Å². The van der Waals surface area contributed by atoms with E-state index in [4.69, 9.17) is 9.57 Å². The highest BCUT2D eigenvalue weighted by Gasteiger charge is 2.39. The van der Waals surface area contributed by atoms with Crippen LogP contribution in [0.15, 0.2) is 62.7 Å². The van der Waals surface area contributed by atoms with Crippen molar-refractivity contribution in [2.45, 2.75) is 30.7 Å². The molecule has 39 heavy (non-hydrogen) atoms. The third-order valence-electron chi connectivity index (χ3n) is 4.89. The normalized spacial score (nSPS) is 13.4. The maximum absolute atomic E-state index is 12.4. The molecule has 1 aliphatic heterocycles. The third kappa shape index (κ3) is 7.55. The van der Waals surface area contributed by atoms with Gasteiger partial charge in [0, 0.05) is 16.5 Å². The summed E-state index contributed by atoms with van der Waals surface area (Å²) in [7, 11) is 0. The summed E-state index contributed by atoms with van der Waals surface area (Å²) in [4.78, 5) is 11.4. The van der Waals surface area contributed by atoms with Gasteiger partial charge in [-0.3, -0.25) is 0 Å². The van der Waals surface area contributed by atoms with Gasteiger partial charge in [0.1, 0.15) is 13.2 Å². The van der Waals surface area contributed by atoms with Gasteiger partial charge in [-0.15, -0.1) is 0 Å². The molecular weight excluding hydrogens is 604 g/mol. The van der Waals surface area contributed by atoms with Gasteiger partial charge in [0.25, 0.3) is 0 Å². The van der Waals surface area contributed by atoms with Crippen LogP contribution < -0.4 is 0 Å². The van der Waals surface area contributed by atoms with Crippen LogP contribution in [0.3, 0.4) is 0 Å². The van der Waals surface area contributed by atoms with E-state index in [9.17, 15) is 26.3 Å². The van der Waals surface area contributed by atoms with E-state index in [1.807, 2.05) is 0 Å². The monoisotopic (exact) mass is 619 g/mol. The minimum Gasteiger partial charge on any atom is -0.474 e. The first-order valence-corrected chi connectivity index (χ1v) is 12.0. The first kappa shape index (κ1) is 28.1. The lowest BCUT2D eigenvalue weighted by Crippen LogP contribution is -2.04. The largest absolute Gasteiger partial charge is 0.474 e. The Balaban J connectivity index is 0.000000187. The van der Waals surface area contributed by atoms with Crippen molar-refractivity contribution >= 4 is 21.8 Å². The number of aromatic nitrogens is 4. The molecule has 4 aromatic rings. The molecule has 2 aromatic carbocycles. The maximum Gasteiger partial charge on any atom is 0.471 e. The Morgan fingerprint density at radius 1 is 0.744 bits per heavy atom. The van der Waals surface area contributed by atoms with Gasteiger partial charge in [0.05, 0.1) is 6.42 Å². The van der Waals surface area contributed by atoms with Crippen molar-refractivity contribution < 1.29 is 45.0 Å². The van der Waals surface area contributed by atoms with Gasteiger partial charge in [-0.05, 0) is 11.1 Å². The molecular formula is C23H16BrF6N5O4. The first-order chi connectivity index (χ1) is 18.5. The van der Waals surface area contributed by atoms with Crippen molar-refractivity contribution in [3.05, 3.63) is 71.4 Å². The Hall–Kier alpha value is -3.95. The van der Waals surface area contributed by atoms with Crippen molar-refractivity contribution in [2.24, 2.45) is 5.16 Å². The van der Waals surface area contributed by atoms with E-state index < -0.39 is 24.1 Å². The number of nitrogens with zero attached hydrogens (tertiary/aromatic N) is 5. The molecule has 0 radical (unpaired) electrons. The lowest BCUT2D eigenvalue weighted by molar-refractivity contribution is -0.160. The van der Waals surface area contributed by atoms with Crippen molar-refractivity contribution in [3.8, 4) is 22.8 Å². The number of alkyl halides is 7. The van der Waals surface area contributed by atoms with Crippen molar-refractivity contribution in [3.63, 3.8) is 0 Å². The van der Waals surface area contributed by atoms with Gasteiger partial charge in [-0.2, -0.15) is 36.3 Å². The molecule has 0 spiro atoms. The summed E-state index contributed by atoms with van der Waals surface area (Å²) in [6.45, 7) is 0.802. The Kier molecular flexibility index (Phi) is 8.52. The number of hydrogen-bond donors (Lipinski definition) is 0. The smallest absolute Gasteiger partial charge is 0.471 e. The Morgan fingerprint density at radius 3 is 1.62 bits per heavy atom. The fourth-order valence-corrected chi connectivity index (χ4v) is 3.34. The zero-order chi connectivity index (χ0) is 28.0. The van der Waals surface area contributed by atoms with E-state index in [-0.39, 0.29) is 11.6 Å². The molecule has 0 atom stereocenters. The summed E-state index contributed by atoms with van der Waals surface area (Å²) >= 11 is 3.27. The van der Waals surface area contributed by atoms with E-state index in [1.54, 1.807) is 48.5 Å². The van der Waals surface area contributed by atoms with Crippen LogP contribution in [0.1, 0.15) is 29.3 Å². The van der Waals surface area contributed by atoms with E-state index in [2.05, 4.69) is 50.4 Å². The van der Waals surface area contributed by atoms with E-state index >= 15 is 0 Å². The summed E-state index contributed by atoms with van der Waals surface area (Å²) in [5.74, 6) is -2.37. The van der Waals surface area contributed by atoms with E-state index in [0.29, 0.717) is 42.0 Å². The minimum atomic E-state index is -4.65. The van der Waals surface area contributed by atoms with Crippen LogP contribution in [0, 0.1) is 0 Å². The zero-order valence-corrected chi connectivity index (χ0v) is 21.0. The number of hydrogen-bond acceptors (Lipinski definition) is 9. The topological polar surface area (TPSA) is 109 Å². The van der Waals surface area contributed by atoms with Gasteiger partial charge in [0.15, 0.2) is 0 Å². The molecule has 1 aliphatic rings. The quantitative estimate of drug-likeness (QED) is 0.180. The standard InChI is InChI=1S/C13H10F3N3O3.C10H6BrF3N2O/c14-13(15,16)12-17-11(19-22-12)9-3-1-8(2-4-9)7-20-10-5-6-21-18-10;11-5-6-1-3-7(4-2-6)8-15-9(17-16-8)10(12,13)14/h1-4H,5-7H2;1-4H,5H2. The van der Waals surface area contributed by atoms with Crippen LogP contribution in [-0.2, 0) is 33.9 Å². The number of rotatable bonds is 5. The second-order valence-electron chi connectivity index (χ2n) is 7.73. The SMILES string of the molecule is FC(F)(F)c1nc(-c2ccc(CBr)cc2)no1.FC(F)(F)c1nc(-c2ccc(COC3=NOCC3)cc2)no1. The van der Waals surface area contributed by atoms with Gasteiger partial charge in [-0.1, -0.05) is 79.9 Å². The lowest BCUT2D eigenvalue weighted by Gasteiger charge is -2.04. The first-order valence-electron chi connectivity index (χ1n) is 10.9. The number of ether oxygens (including phenoxy) is 1. The summed E-state index contributed by atoms with van der Waals surface area (Å²) in [5.41, 5.74) is 2.74. The molecule has 0 amide bonds. The predicted molar refractivity (Wildman–Crippen MR) is 125 cm³/mol. The zero-order valence-electron chi connectivity index (χ0n) is 19.5. The predicted octanol–water partition coefficient (Wildman–Crippen LogP) is 6.66. The average Bonchev–Trinajstić information content (AvgIpc) is 3.69. The molecule has 0 fully saturated rings. The van der Waals surface area contributed by atoms with Crippen LogP contribution in [0.4, 0.5) is 26.3 Å². The molecule has 206 valence electrons. The maximum atomic E-state index is 12.4. The minimum absolute atomic E-state index is 0.0709. The summed E-state index contributed by atoms with van der Waals surface area (Å²) < 4.78 is 87.6. The summed E-state index contributed by atoms with van der Waals surface area (Å²) in [5, 5.41) is 11.0. The molecule has 0 saturated heterocycles. The van der Waals surface area contributed by atoms with Crippen LogP contribution >= 0.6 is 15.9 Å². The van der Waals surface area contributed by atoms with Crippen LogP contribution in [-0.4, -0.2) is 32.8 Å². The van der Waals surface area contributed by atoms with Crippen molar-refractivity contribution in [1.82, 2.24) is 20.3 Å². The Labute approximate surface area is 223 Å². The molecule has 9 nitrogen and oxygen atoms in total. The second kappa shape index (κ2) is 11.8. The van der Waals surface area contributed by atoms with E-state index in [1.165, 1.54) is 0 Å². The van der Waals surface area contributed by atoms with Crippen LogP contribution in [0.5, 0.6) is 0 Å².